The monoisotopic (exact) mass is 400 g/mol. The third-order valence-electron chi connectivity index (χ3n) is 5.30. The second kappa shape index (κ2) is 8.94. The normalized spacial score (nSPS) is 16.9. The first kappa shape index (κ1) is 20.6. The fraction of sp³-hybridized carbons (Fsp3) is 0.409. The summed E-state index contributed by atoms with van der Waals surface area (Å²) >= 11 is 0. The van der Waals surface area contributed by atoms with Crippen LogP contribution < -0.4 is 4.74 Å². The van der Waals surface area contributed by atoms with Crippen molar-refractivity contribution in [2.75, 3.05) is 20.8 Å². The van der Waals surface area contributed by atoms with Gasteiger partial charge in [-0.05, 0) is 62.3 Å². The van der Waals surface area contributed by atoms with Gasteiger partial charge in [-0.15, -0.1) is 0 Å². The van der Waals surface area contributed by atoms with Crippen molar-refractivity contribution in [3.8, 4) is 5.75 Å². The van der Waals surface area contributed by atoms with E-state index in [4.69, 9.17) is 19.3 Å². The number of methoxy groups -OCH3 is 2. The Kier molecular flexibility index (Phi) is 6.36. The van der Waals surface area contributed by atoms with Crippen LogP contribution in [0.2, 0.25) is 0 Å². The van der Waals surface area contributed by atoms with E-state index < -0.39 is 5.97 Å². The summed E-state index contributed by atoms with van der Waals surface area (Å²) in [6.07, 6.45) is 3.79. The van der Waals surface area contributed by atoms with E-state index in [2.05, 4.69) is 0 Å². The number of carboxylic acids is 1. The molecule has 0 heterocycles. The van der Waals surface area contributed by atoms with Gasteiger partial charge in [0.1, 0.15) is 5.75 Å². The van der Waals surface area contributed by atoms with Gasteiger partial charge in [-0.1, -0.05) is 0 Å². The molecule has 3 rings (SSSR count). The molecular weight excluding hydrogens is 376 g/mol. The van der Waals surface area contributed by atoms with Crippen LogP contribution in [-0.4, -0.2) is 43.5 Å². The van der Waals surface area contributed by atoms with Crippen LogP contribution in [-0.2, 0) is 19.1 Å². The number of carbonyl (C=O) groups is 3. The Labute approximate surface area is 168 Å². The number of hydrogen-bond donors (Lipinski definition) is 1. The average Bonchev–Trinajstić information content (AvgIpc) is 3.15. The van der Waals surface area contributed by atoms with E-state index in [1.807, 2.05) is 0 Å². The van der Waals surface area contributed by atoms with Gasteiger partial charge >= 0.3 is 5.97 Å². The maximum Gasteiger partial charge on any atom is 0.335 e. The second-order valence-electron chi connectivity index (χ2n) is 7.13. The van der Waals surface area contributed by atoms with E-state index in [9.17, 15) is 14.4 Å². The van der Waals surface area contributed by atoms with Gasteiger partial charge in [-0.3, -0.25) is 9.59 Å². The molecule has 0 unspecified atom stereocenters. The molecule has 0 radical (unpaired) electrons. The van der Waals surface area contributed by atoms with Crippen LogP contribution in [0, 0.1) is 5.92 Å². The molecule has 0 bridgehead atoms. The number of ketones is 2. The van der Waals surface area contributed by atoms with Crippen molar-refractivity contribution in [3.63, 3.8) is 0 Å². The van der Waals surface area contributed by atoms with Crippen molar-refractivity contribution in [1.29, 1.82) is 0 Å². The number of hydrogen-bond acceptors (Lipinski definition) is 6. The highest BCUT2D eigenvalue weighted by Gasteiger charge is 2.41. The van der Waals surface area contributed by atoms with Gasteiger partial charge in [0.15, 0.2) is 0 Å². The Morgan fingerprint density at radius 3 is 2.00 bits per heavy atom. The Hall–Kier alpha value is -3.09. The third kappa shape index (κ3) is 4.34. The molecular formula is C22H24O7. The number of ether oxygens (including phenoxy) is 3. The molecule has 2 aliphatic carbocycles. The molecule has 1 aromatic carbocycles. The smallest absolute Gasteiger partial charge is 0.335 e. The molecule has 0 amide bonds. The summed E-state index contributed by atoms with van der Waals surface area (Å²) in [6.45, 7) is 0.521. The minimum Gasteiger partial charge on any atom is -0.494 e. The lowest BCUT2D eigenvalue weighted by Gasteiger charge is -2.17. The summed E-state index contributed by atoms with van der Waals surface area (Å²) < 4.78 is 15.8. The number of unbranched alkanes of at least 4 members (excludes halogenated alkanes) is 1. The highest BCUT2D eigenvalue weighted by molar-refractivity contribution is 6.24. The van der Waals surface area contributed by atoms with E-state index in [1.54, 1.807) is 12.1 Å². The van der Waals surface area contributed by atoms with Crippen LogP contribution in [0.3, 0.4) is 0 Å². The van der Waals surface area contributed by atoms with E-state index in [0.29, 0.717) is 36.3 Å². The Bertz CT molecular complexity index is 839. The lowest BCUT2D eigenvalue weighted by atomic mass is 9.94. The van der Waals surface area contributed by atoms with Crippen LogP contribution >= 0.6 is 0 Å². The molecule has 7 heteroatoms. The number of carboxylic acid groups (broad SMARTS) is 1. The topological polar surface area (TPSA) is 99.1 Å². The average molecular weight is 400 g/mol. The first-order chi connectivity index (χ1) is 14.0. The molecule has 1 aromatic rings. The van der Waals surface area contributed by atoms with Gasteiger partial charge in [0.05, 0.1) is 26.4 Å². The summed E-state index contributed by atoms with van der Waals surface area (Å²) in [5.74, 6) is -0.569. The van der Waals surface area contributed by atoms with E-state index in [-0.39, 0.29) is 34.6 Å². The lowest BCUT2D eigenvalue weighted by Crippen LogP contribution is -2.23. The first-order valence-corrected chi connectivity index (χ1v) is 9.56. The zero-order chi connectivity index (χ0) is 21.0. The number of benzene rings is 1. The number of rotatable bonds is 9. The lowest BCUT2D eigenvalue weighted by molar-refractivity contribution is -0.121. The highest BCUT2D eigenvalue weighted by Crippen LogP contribution is 2.41. The SMILES string of the molecule is COC1=C(OC)C(=O)C2=C(CC(CCCCOc3ccc(C(=O)O)cc3)C2)C1=O. The zero-order valence-electron chi connectivity index (χ0n) is 16.5. The Morgan fingerprint density at radius 2 is 1.52 bits per heavy atom. The van der Waals surface area contributed by atoms with Crippen LogP contribution in [0.15, 0.2) is 46.9 Å². The number of allylic oxidation sites excluding steroid dienone is 2. The maximum absolute atomic E-state index is 12.6. The molecule has 0 saturated heterocycles. The van der Waals surface area contributed by atoms with Crippen LogP contribution in [0.1, 0.15) is 42.5 Å². The van der Waals surface area contributed by atoms with E-state index in [0.717, 1.165) is 19.3 Å². The zero-order valence-corrected chi connectivity index (χ0v) is 16.5. The second-order valence-corrected chi connectivity index (χ2v) is 7.13. The molecule has 154 valence electrons. The Morgan fingerprint density at radius 1 is 0.966 bits per heavy atom. The van der Waals surface area contributed by atoms with Crippen molar-refractivity contribution in [2.45, 2.75) is 32.1 Å². The van der Waals surface area contributed by atoms with Gasteiger partial charge in [-0.2, -0.15) is 0 Å². The minimum absolute atomic E-state index is 0.000725. The van der Waals surface area contributed by atoms with Gasteiger partial charge in [0.2, 0.25) is 23.1 Å². The molecule has 0 atom stereocenters. The molecule has 0 aliphatic heterocycles. The fourth-order valence-corrected chi connectivity index (χ4v) is 3.83. The van der Waals surface area contributed by atoms with Crippen LogP contribution in [0.5, 0.6) is 5.75 Å². The summed E-state index contributed by atoms with van der Waals surface area (Å²) in [5, 5.41) is 8.89. The largest absolute Gasteiger partial charge is 0.494 e. The predicted molar refractivity (Wildman–Crippen MR) is 104 cm³/mol. The molecule has 29 heavy (non-hydrogen) atoms. The van der Waals surface area contributed by atoms with Crippen LogP contribution in [0.4, 0.5) is 0 Å². The van der Waals surface area contributed by atoms with Crippen molar-refractivity contribution in [2.24, 2.45) is 5.92 Å². The highest BCUT2D eigenvalue weighted by atomic mass is 16.5. The summed E-state index contributed by atoms with van der Waals surface area (Å²) in [6, 6.07) is 6.31. The van der Waals surface area contributed by atoms with Crippen LogP contribution in [0.25, 0.3) is 0 Å². The minimum atomic E-state index is -0.966. The molecule has 0 aromatic heterocycles. The van der Waals surface area contributed by atoms with E-state index >= 15 is 0 Å². The molecule has 7 nitrogen and oxygen atoms in total. The van der Waals surface area contributed by atoms with Gasteiger partial charge < -0.3 is 19.3 Å². The Balaban J connectivity index is 1.44. The predicted octanol–water partition coefficient (Wildman–Crippen LogP) is 3.30. The van der Waals surface area contributed by atoms with Gasteiger partial charge in [0.25, 0.3) is 0 Å². The molecule has 0 saturated carbocycles. The summed E-state index contributed by atoms with van der Waals surface area (Å²) in [7, 11) is 2.74. The third-order valence-corrected chi connectivity index (χ3v) is 5.30. The first-order valence-electron chi connectivity index (χ1n) is 9.56. The molecule has 1 N–H and O–H groups in total. The number of Topliss-reactive ketones (excluding diaryl/α,β-unsaturated/α-hetero) is 2. The quantitative estimate of drug-likeness (QED) is 0.501. The van der Waals surface area contributed by atoms with Crippen molar-refractivity contribution >= 4 is 17.5 Å². The summed E-state index contributed by atoms with van der Waals surface area (Å²) in [4.78, 5) is 36.0. The van der Waals surface area contributed by atoms with Crippen molar-refractivity contribution < 1.29 is 33.7 Å². The number of carbonyl (C=O) groups excluding carboxylic acids is 2. The van der Waals surface area contributed by atoms with Gasteiger partial charge in [0, 0.05) is 11.1 Å². The van der Waals surface area contributed by atoms with Crippen molar-refractivity contribution in [1.82, 2.24) is 0 Å². The maximum atomic E-state index is 12.6. The van der Waals surface area contributed by atoms with Crippen molar-refractivity contribution in [3.05, 3.63) is 52.5 Å². The van der Waals surface area contributed by atoms with E-state index in [1.165, 1.54) is 26.4 Å². The van der Waals surface area contributed by atoms with Gasteiger partial charge in [-0.25, -0.2) is 4.79 Å². The molecule has 0 spiro atoms. The summed E-state index contributed by atoms with van der Waals surface area (Å²) in [5.41, 5.74) is 1.35. The number of aromatic carboxylic acids is 1. The fourth-order valence-electron chi connectivity index (χ4n) is 3.83. The molecule has 2 aliphatic rings. The molecule has 0 fully saturated rings. The standard InChI is InChI=1S/C22H24O7/c1-27-20-18(23)16-11-13(12-17(16)19(24)21(20)28-2)5-3-4-10-29-15-8-6-14(7-9-15)22(25)26/h6-9,13H,3-5,10-12H2,1-2H3,(H,25,26).